The lowest BCUT2D eigenvalue weighted by Crippen LogP contribution is -2.44. The third-order valence-electron chi connectivity index (χ3n) is 6.46. The van der Waals surface area contributed by atoms with Crippen molar-refractivity contribution < 1.29 is 13.2 Å². The smallest absolute Gasteiger partial charge is 0.240 e. The van der Waals surface area contributed by atoms with Gasteiger partial charge in [-0.1, -0.05) is 11.6 Å². The molecule has 4 rings (SSSR count). The molecule has 1 aromatic heterocycles. The standard InChI is InChI=1S/C26H36N4O3S/c1-21-6-11-26-25(19-21)22(20-27-26)5-3-12-28-34(31,32)24-9-7-23(8-10-24)33-18-4-13-30-16-14-29(2)15-17-30/h6-11,19-20,27-28H,3-5,12-18H2,1-2H3. The number of sulfonamides is 1. The van der Waals surface area contributed by atoms with Crippen LogP contribution in [0.1, 0.15) is 24.0 Å². The van der Waals surface area contributed by atoms with Crippen molar-refractivity contribution in [3.8, 4) is 5.75 Å². The van der Waals surface area contributed by atoms with Crippen molar-refractivity contribution >= 4 is 20.9 Å². The second kappa shape index (κ2) is 11.4. The van der Waals surface area contributed by atoms with Crippen LogP contribution in [-0.2, 0) is 16.4 Å². The Kier molecular flexibility index (Phi) is 8.26. The summed E-state index contributed by atoms with van der Waals surface area (Å²) in [4.78, 5) is 8.36. The average Bonchev–Trinajstić information content (AvgIpc) is 3.23. The zero-order valence-corrected chi connectivity index (χ0v) is 21.0. The number of nitrogens with zero attached hydrogens (tertiary/aromatic N) is 2. The second-order valence-corrected chi connectivity index (χ2v) is 10.9. The molecule has 0 bridgehead atoms. The van der Waals surface area contributed by atoms with Crippen LogP contribution in [0.2, 0.25) is 0 Å². The van der Waals surface area contributed by atoms with Crippen LogP contribution in [0, 0.1) is 6.92 Å². The number of benzene rings is 2. The molecule has 0 spiro atoms. The fraction of sp³-hybridized carbons (Fsp3) is 0.462. The minimum Gasteiger partial charge on any atom is -0.494 e. The van der Waals surface area contributed by atoms with E-state index in [9.17, 15) is 8.42 Å². The number of likely N-dealkylation sites (N-methyl/N-ethyl adjacent to an activating group) is 1. The molecule has 34 heavy (non-hydrogen) atoms. The van der Waals surface area contributed by atoms with Crippen LogP contribution in [0.25, 0.3) is 10.9 Å². The van der Waals surface area contributed by atoms with Gasteiger partial charge in [-0.25, -0.2) is 13.1 Å². The molecule has 8 heteroatoms. The summed E-state index contributed by atoms with van der Waals surface area (Å²) in [6.45, 7) is 8.59. The van der Waals surface area contributed by atoms with Gasteiger partial charge < -0.3 is 19.5 Å². The van der Waals surface area contributed by atoms with Crippen LogP contribution in [0.15, 0.2) is 53.6 Å². The summed E-state index contributed by atoms with van der Waals surface area (Å²) in [5.41, 5.74) is 3.55. The highest BCUT2D eigenvalue weighted by molar-refractivity contribution is 7.89. The number of aromatic nitrogens is 1. The van der Waals surface area contributed by atoms with Crippen molar-refractivity contribution in [1.29, 1.82) is 0 Å². The van der Waals surface area contributed by atoms with E-state index in [1.807, 2.05) is 6.20 Å². The highest BCUT2D eigenvalue weighted by Gasteiger charge is 2.15. The summed E-state index contributed by atoms with van der Waals surface area (Å²) in [5.74, 6) is 0.701. The molecule has 2 aromatic carbocycles. The van der Waals surface area contributed by atoms with Gasteiger partial charge in [0.2, 0.25) is 10.0 Å². The molecule has 1 saturated heterocycles. The third kappa shape index (κ3) is 6.60. The molecule has 0 atom stereocenters. The largest absolute Gasteiger partial charge is 0.494 e. The van der Waals surface area contributed by atoms with Crippen LogP contribution in [0.5, 0.6) is 5.75 Å². The first-order valence-corrected chi connectivity index (χ1v) is 13.6. The Morgan fingerprint density at radius 3 is 2.56 bits per heavy atom. The fourth-order valence-electron chi connectivity index (χ4n) is 4.33. The van der Waals surface area contributed by atoms with Gasteiger partial charge in [0.25, 0.3) is 0 Å². The van der Waals surface area contributed by atoms with E-state index >= 15 is 0 Å². The Bertz CT molecular complexity index is 1170. The van der Waals surface area contributed by atoms with E-state index in [1.54, 1.807) is 24.3 Å². The predicted octanol–water partition coefficient (Wildman–Crippen LogP) is 3.40. The number of ether oxygens (including phenoxy) is 1. The lowest BCUT2D eigenvalue weighted by atomic mass is 10.1. The molecule has 0 amide bonds. The lowest BCUT2D eigenvalue weighted by molar-refractivity contribution is 0.145. The van der Waals surface area contributed by atoms with Gasteiger partial charge in [0.05, 0.1) is 11.5 Å². The lowest BCUT2D eigenvalue weighted by Gasteiger charge is -2.32. The van der Waals surface area contributed by atoms with Crippen molar-refractivity contribution in [1.82, 2.24) is 19.5 Å². The van der Waals surface area contributed by atoms with Gasteiger partial charge in [-0.15, -0.1) is 0 Å². The molecule has 1 fully saturated rings. The van der Waals surface area contributed by atoms with Crippen LogP contribution in [0.4, 0.5) is 0 Å². The van der Waals surface area contributed by atoms with Crippen molar-refractivity contribution in [3.05, 3.63) is 59.8 Å². The van der Waals surface area contributed by atoms with Gasteiger partial charge in [0.15, 0.2) is 0 Å². The summed E-state index contributed by atoms with van der Waals surface area (Å²) in [7, 11) is -1.38. The van der Waals surface area contributed by atoms with Crippen LogP contribution in [0.3, 0.4) is 0 Å². The number of piperazine rings is 1. The van der Waals surface area contributed by atoms with E-state index in [0.717, 1.165) is 57.5 Å². The number of H-pyrrole nitrogens is 1. The zero-order chi connectivity index (χ0) is 24.0. The number of rotatable bonds is 11. The highest BCUT2D eigenvalue weighted by Crippen LogP contribution is 2.21. The average molecular weight is 485 g/mol. The van der Waals surface area contributed by atoms with Gasteiger partial charge in [-0.3, -0.25) is 0 Å². The summed E-state index contributed by atoms with van der Waals surface area (Å²) in [5, 5.41) is 1.21. The Labute approximate surface area is 203 Å². The summed E-state index contributed by atoms with van der Waals surface area (Å²) in [6, 6.07) is 13.0. The molecule has 0 aliphatic carbocycles. The Morgan fingerprint density at radius 2 is 1.79 bits per heavy atom. The monoisotopic (exact) mass is 484 g/mol. The molecule has 3 aromatic rings. The van der Waals surface area contributed by atoms with E-state index in [1.165, 1.54) is 16.5 Å². The molecule has 2 heterocycles. The van der Waals surface area contributed by atoms with E-state index in [-0.39, 0.29) is 4.90 Å². The summed E-state index contributed by atoms with van der Waals surface area (Å²) >= 11 is 0. The van der Waals surface area contributed by atoms with Gasteiger partial charge in [0, 0.05) is 56.4 Å². The maximum Gasteiger partial charge on any atom is 0.240 e. The molecule has 1 aliphatic rings. The molecule has 0 radical (unpaired) electrons. The van der Waals surface area contributed by atoms with Crippen molar-refractivity contribution in [2.45, 2.75) is 31.1 Å². The van der Waals surface area contributed by atoms with E-state index in [4.69, 9.17) is 4.74 Å². The van der Waals surface area contributed by atoms with Gasteiger partial charge in [0.1, 0.15) is 5.75 Å². The van der Waals surface area contributed by atoms with Gasteiger partial charge >= 0.3 is 0 Å². The maximum absolute atomic E-state index is 12.7. The molecular weight excluding hydrogens is 448 g/mol. The number of fused-ring (bicyclic) bond motifs is 1. The normalized spacial score (nSPS) is 15.7. The number of hydrogen-bond donors (Lipinski definition) is 2. The molecular formula is C26H36N4O3S. The Hall–Kier alpha value is -2.39. The molecule has 0 unspecified atom stereocenters. The van der Waals surface area contributed by atoms with Crippen LogP contribution >= 0.6 is 0 Å². The van der Waals surface area contributed by atoms with Gasteiger partial charge in [-0.2, -0.15) is 0 Å². The first kappa shape index (κ1) is 24.7. The molecule has 0 saturated carbocycles. The van der Waals surface area contributed by atoms with E-state index in [2.05, 4.69) is 51.7 Å². The van der Waals surface area contributed by atoms with Crippen molar-refractivity contribution in [3.63, 3.8) is 0 Å². The van der Waals surface area contributed by atoms with Crippen LogP contribution < -0.4 is 9.46 Å². The number of hydrogen-bond acceptors (Lipinski definition) is 5. The Balaban J connectivity index is 1.19. The minimum absolute atomic E-state index is 0.264. The number of aryl methyl sites for hydroxylation is 2. The molecule has 1 aliphatic heterocycles. The van der Waals surface area contributed by atoms with E-state index in [0.29, 0.717) is 18.9 Å². The summed E-state index contributed by atoms with van der Waals surface area (Å²) < 4.78 is 33.8. The summed E-state index contributed by atoms with van der Waals surface area (Å²) in [6.07, 6.45) is 4.52. The molecule has 2 N–H and O–H groups in total. The predicted molar refractivity (Wildman–Crippen MR) is 137 cm³/mol. The third-order valence-corrected chi connectivity index (χ3v) is 7.93. The SMILES string of the molecule is Cc1ccc2[nH]cc(CCCNS(=O)(=O)c3ccc(OCCCN4CCN(C)CC4)cc3)c2c1. The maximum atomic E-state index is 12.7. The van der Waals surface area contributed by atoms with Gasteiger partial charge in [-0.05, 0) is 75.2 Å². The fourth-order valence-corrected chi connectivity index (χ4v) is 5.41. The van der Waals surface area contributed by atoms with E-state index < -0.39 is 10.0 Å². The van der Waals surface area contributed by atoms with Crippen molar-refractivity contribution in [2.75, 3.05) is 52.9 Å². The minimum atomic E-state index is -3.54. The second-order valence-electron chi connectivity index (χ2n) is 9.18. The quantitative estimate of drug-likeness (QED) is 0.408. The highest BCUT2D eigenvalue weighted by atomic mass is 32.2. The molecule has 7 nitrogen and oxygen atoms in total. The molecule has 184 valence electrons. The Morgan fingerprint density at radius 1 is 1.03 bits per heavy atom. The first-order chi connectivity index (χ1) is 16.4. The van der Waals surface area contributed by atoms with Crippen molar-refractivity contribution in [2.24, 2.45) is 0 Å². The topological polar surface area (TPSA) is 77.7 Å². The zero-order valence-electron chi connectivity index (χ0n) is 20.2. The number of aromatic amines is 1. The number of nitrogens with one attached hydrogen (secondary N) is 2. The first-order valence-electron chi connectivity index (χ1n) is 12.1. The van der Waals surface area contributed by atoms with Crippen LogP contribution in [-0.4, -0.2) is 76.1 Å².